The van der Waals surface area contributed by atoms with Crippen LogP contribution in [-0.4, -0.2) is 45.9 Å². The zero-order chi connectivity index (χ0) is 17.0. The third-order valence-electron chi connectivity index (χ3n) is 3.96. The minimum atomic E-state index is -0.0104. The number of nitrogens with zero attached hydrogens (tertiary/aromatic N) is 3. The van der Waals surface area contributed by atoms with E-state index in [9.17, 15) is 4.79 Å². The number of rotatable bonds is 5. The average molecular weight is 340 g/mol. The molecule has 1 fully saturated rings. The number of halogens is 1. The molecule has 2 heterocycles. The first-order valence-corrected chi connectivity index (χ1v) is 8.65. The minimum Gasteiger partial charge on any atom is -0.372 e. The van der Waals surface area contributed by atoms with Crippen LogP contribution in [0.4, 0.5) is 0 Å². The second-order valence-electron chi connectivity index (χ2n) is 6.20. The lowest BCUT2D eigenvalue weighted by Gasteiger charge is -2.34. The Hall–Kier alpha value is -1.33. The molecule has 0 saturated carbocycles. The highest BCUT2D eigenvalue weighted by atomic mass is 35.5. The monoisotopic (exact) mass is 339 g/mol. The van der Waals surface area contributed by atoms with Crippen LogP contribution < -0.4 is 0 Å². The fourth-order valence-corrected chi connectivity index (χ4v) is 3.15. The van der Waals surface area contributed by atoms with Crippen molar-refractivity contribution in [3.63, 3.8) is 0 Å². The molecule has 2 atom stereocenters. The summed E-state index contributed by atoms with van der Waals surface area (Å²) in [5, 5.41) is 5.05. The largest absolute Gasteiger partial charge is 0.372 e. The lowest BCUT2D eigenvalue weighted by atomic mass is 10.2. The predicted molar refractivity (Wildman–Crippen MR) is 92.5 cm³/mol. The molecule has 0 spiro atoms. The van der Waals surface area contributed by atoms with E-state index < -0.39 is 0 Å². The van der Waals surface area contributed by atoms with Crippen molar-refractivity contribution in [2.24, 2.45) is 0 Å². The number of carbonyl (C=O) groups is 1. The van der Waals surface area contributed by atoms with E-state index in [1.54, 1.807) is 12.2 Å². The fourth-order valence-electron chi connectivity index (χ4n) is 2.83. The number of aromatic nitrogens is 2. The lowest BCUT2D eigenvalue weighted by molar-refractivity contribution is -0.137. The summed E-state index contributed by atoms with van der Waals surface area (Å²) < 4.78 is 7.46. The van der Waals surface area contributed by atoms with E-state index in [1.165, 1.54) is 0 Å². The number of morpholine rings is 1. The Labute approximate surface area is 143 Å². The molecule has 0 aromatic carbocycles. The molecule has 0 radical (unpaired) electrons. The van der Waals surface area contributed by atoms with Crippen LogP contribution in [0.3, 0.4) is 0 Å². The van der Waals surface area contributed by atoms with E-state index in [2.05, 4.69) is 12.0 Å². The summed E-state index contributed by atoms with van der Waals surface area (Å²) in [4.78, 5) is 14.2. The van der Waals surface area contributed by atoms with Gasteiger partial charge in [0.1, 0.15) is 5.15 Å². The molecule has 5 nitrogen and oxygen atoms in total. The van der Waals surface area contributed by atoms with Crippen molar-refractivity contribution in [3.05, 3.63) is 22.5 Å². The van der Waals surface area contributed by atoms with E-state index in [4.69, 9.17) is 16.3 Å². The third kappa shape index (κ3) is 4.58. The normalized spacial score (nSPS) is 22.0. The second kappa shape index (κ2) is 7.97. The van der Waals surface area contributed by atoms with Crippen molar-refractivity contribution in [3.8, 4) is 0 Å². The van der Waals surface area contributed by atoms with Gasteiger partial charge in [0.15, 0.2) is 0 Å². The van der Waals surface area contributed by atoms with Gasteiger partial charge in [0.2, 0.25) is 5.91 Å². The molecule has 1 aromatic heterocycles. The van der Waals surface area contributed by atoms with Crippen molar-refractivity contribution in [2.75, 3.05) is 13.1 Å². The molecule has 1 aromatic rings. The number of ether oxygens (including phenoxy) is 1. The standard InChI is InChI=1S/C17H26ClN3O2/c1-5-6-9-21-17(18)15(14(4)19-21)7-8-16(22)20-10-12(2)23-13(3)11-20/h7-8,12-13H,5-6,9-11H2,1-4H3. The van der Waals surface area contributed by atoms with E-state index in [0.717, 1.165) is 30.6 Å². The number of amides is 1. The van der Waals surface area contributed by atoms with Gasteiger partial charge < -0.3 is 9.64 Å². The summed E-state index contributed by atoms with van der Waals surface area (Å²) in [7, 11) is 0. The molecule has 128 valence electrons. The molecule has 6 heteroatoms. The summed E-state index contributed by atoms with van der Waals surface area (Å²) in [6.45, 7) is 10.1. The van der Waals surface area contributed by atoms with Gasteiger partial charge in [0, 0.05) is 31.3 Å². The number of aryl methyl sites for hydroxylation is 2. The lowest BCUT2D eigenvalue weighted by Crippen LogP contribution is -2.47. The Morgan fingerprint density at radius 2 is 2.04 bits per heavy atom. The van der Waals surface area contributed by atoms with Crippen molar-refractivity contribution in [2.45, 2.75) is 59.3 Å². The molecule has 2 rings (SSSR count). The molecule has 2 unspecified atom stereocenters. The number of unbranched alkanes of at least 4 members (excludes halogenated alkanes) is 1. The van der Waals surface area contributed by atoms with Crippen molar-refractivity contribution in [1.82, 2.24) is 14.7 Å². The highest BCUT2D eigenvalue weighted by molar-refractivity contribution is 6.31. The van der Waals surface area contributed by atoms with Crippen molar-refractivity contribution in [1.29, 1.82) is 0 Å². The molecule has 1 saturated heterocycles. The summed E-state index contributed by atoms with van der Waals surface area (Å²) in [6.07, 6.45) is 5.63. The molecule has 0 aliphatic carbocycles. The van der Waals surface area contributed by atoms with Crippen LogP contribution in [0, 0.1) is 6.92 Å². The van der Waals surface area contributed by atoms with Crippen LogP contribution in [0.1, 0.15) is 44.9 Å². The van der Waals surface area contributed by atoms with Crippen LogP contribution in [0.25, 0.3) is 6.08 Å². The van der Waals surface area contributed by atoms with E-state index >= 15 is 0 Å². The maximum Gasteiger partial charge on any atom is 0.246 e. The number of hydrogen-bond acceptors (Lipinski definition) is 3. The minimum absolute atomic E-state index is 0.0104. The molecule has 0 bridgehead atoms. The first kappa shape index (κ1) is 18.0. The van der Waals surface area contributed by atoms with Crippen LogP contribution in [0.5, 0.6) is 0 Å². The SMILES string of the molecule is CCCCn1nc(C)c(C=CC(=O)N2CC(C)OC(C)C2)c1Cl. The molecular weight excluding hydrogens is 314 g/mol. The van der Waals surface area contributed by atoms with Gasteiger partial charge in [-0.3, -0.25) is 9.48 Å². The second-order valence-corrected chi connectivity index (χ2v) is 6.56. The smallest absolute Gasteiger partial charge is 0.246 e. The predicted octanol–water partition coefficient (Wildman–Crippen LogP) is 3.29. The Bertz CT molecular complexity index is 573. The summed E-state index contributed by atoms with van der Waals surface area (Å²) in [5.74, 6) is -0.0104. The van der Waals surface area contributed by atoms with Gasteiger partial charge in [-0.25, -0.2) is 0 Å². The van der Waals surface area contributed by atoms with Gasteiger partial charge in [-0.1, -0.05) is 24.9 Å². The maximum atomic E-state index is 12.4. The van der Waals surface area contributed by atoms with Gasteiger partial charge in [-0.15, -0.1) is 0 Å². The average Bonchev–Trinajstić information content (AvgIpc) is 2.76. The Kier molecular flexibility index (Phi) is 6.25. The van der Waals surface area contributed by atoms with E-state index in [1.807, 2.05) is 30.4 Å². The van der Waals surface area contributed by atoms with Crippen LogP contribution in [0.15, 0.2) is 6.08 Å². The zero-order valence-corrected chi connectivity index (χ0v) is 15.1. The molecule has 1 aliphatic rings. The van der Waals surface area contributed by atoms with Gasteiger partial charge in [-0.2, -0.15) is 5.10 Å². The Morgan fingerprint density at radius 3 is 2.65 bits per heavy atom. The first-order valence-electron chi connectivity index (χ1n) is 8.27. The van der Waals surface area contributed by atoms with Gasteiger partial charge in [0.05, 0.1) is 17.9 Å². The third-order valence-corrected chi connectivity index (χ3v) is 4.36. The molecule has 1 aliphatic heterocycles. The Morgan fingerprint density at radius 1 is 1.39 bits per heavy atom. The number of hydrogen-bond donors (Lipinski definition) is 0. The fraction of sp³-hybridized carbons (Fsp3) is 0.647. The van der Waals surface area contributed by atoms with Crippen LogP contribution >= 0.6 is 11.6 Å². The van der Waals surface area contributed by atoms with E-state index in [-0.39, 0.29) is 18.1 Å². The van der Waals surface area contributed by atoms with E-state index in [0.29, 0.717) is 18.2 Å². The highest BCUT2D eigenvalue weighted by Gasteiger charge is 2.24. The molecule has 0 N–H and O–H groups in total. The van der Waals surface area contributed by atoms with Gasteiger partial charge in [-0.05, 0) is 33.3 Å². The zero-order valence-electron chi connectivity index (χ0n) is 14.4. The van der Waals surface area contributed by atoms with Gasteiger partial charge >= 0.3 is 0 Å². The molecular formula is C17H26ClN3O2. The molecule has 1 amide bonds. The van der Waals surface area contributed by atoms with Crippen molar-refractivity contribution >= 4 is 23.6 Å². The van der Waals surface area contributed by atoms with Crippen LogP contribution in [-0.2, 0) is 16.1 Å². The highest BCUT2D eigenvalue weighted by Crippen LogP contribution is 2.22. The summed E-state index contributed by atoms with van der Waals surface area (Å²) in [5.41, 5.74) is 1.67. The molecule has 23 heavy (non-hydrogen) atoms. The maximum absolute atomic E-state index is 12.4. The topological polar surface area (TPSA) is 47.4 Å². The number of carbonyl (C=O) groups excluding carboxylic acids is 1. The summed E-state index contributed by atoms with van der Waals surface area (Å²) in [6, 6.07) is 0. The first-order chi connectivity index (χ1) is 10.9. The summed E-state index contributed by atoms with van der Waals surface area (Å²) >= 11 is 6.39. The van der Waals surface area contributed by atoms with Crippen LogP contribution in [0.2, 0.25) is 5.15 Å². The van der Waals surface area contributed by atoms with Crippen molar-refractivity contribution < 1.29 is 9.53 Å². The van der Waals surface area contributed by atoms with Gasteiger partial charge in [0.25, 0.3) is 0 Å². The quantitative estimate of drug-likeness (QED) is 0.773. The Balaban J connectivity index is 2.07.